The van der Waals surface area contributed by atoms with E-state index in [1.54, 1.807) is 0 Å². The Morgan fingerprint density at radius 1 is 0.714 bits per heavy atom. The summed E-state index contributed by atoms with van der Waals surface area (Å²) in [4.78, 5) is 0. The van der Waals surface area contributed by atoms with E-state index in [9.17, 15) is 53.4 Å². The minimum atomic E-state index is -7.07. The molecule has 0 aliphatic rings. The van der Waals surface area contributed by atoms with Crippen LogP contribution in [-0.4, -0.2) is 29.9 Å². The maximum Gasteiger partial charge on any atom is 0.457 e. The van der Waals surface area contributed by atoms with Crippen molar-refractivity contribution in [1.82, 2.24) is 0 Å². The molecule has 0 saturated heterocycles. The van der Waals surface area contributed by atoms with E-state index in [-0.39, 0.29) is 6.92 Å². The molecular formula is C9H6F11O. The monoisotopic (exact) mass is 339 g/mol. The first-order valence-corrected chi connectivity index (χ1v) is 4.85. The number of hydrogen-bond acceptors (Lipinski definition) is 0. The van der Waals surface area contributed by atoms with Crippen LogP contribution in [0, 0.1) is 5.92 Å². The summed E-state index contributed by atoms with van der Waals surface area (Å²) in [5.74, 6) is -17.5. The van der Waals surface area contributed by atoms with Crippen molar-refractivity contribution in [3.63, 3.8) is 0 Å². The van der Waals surface area contributed by atoms with Gasteiger partial charge in [-0.1, -0.05) is 6.92 Å². The molecule has 12 heteroatoms. The molecule has 0 N–H and O–H groups in total. The Balaban J connectivity index is 6.45. The molecule has 0 aliphatic carbocycles. The van der Waals surface area contributed by atoms with Crippen molar-refractivity contribution >= 4 is 0 Å². The third-order valence-electron chi connectivity index (χ3n) is 2.62. The number of allylic oxidation sites excluding steroid dienone is 1. The van der Waals surface area contributed by atoms with Crippen LogP contribution in [-0.2, 0) is 5.11 Å². The Morgan fingerprint density at radius 2 is 1.00 bits per heavy atom. The maximum atomic E-state index is 13.8. The molecule has 0 aromatic rings. The van der Waals surface area contributed by atoms with E-state index in [1.165, 1.54) is 0 Å². The summed E-state index contributed by atoms with van der Waals surface area (Å²) in [5, 5.41) is 9.94. The SMILES string of the molecule is CC(C=C[O])C(F)(C(F)(F)C(F)(F)F)C(F)(F)C(F)(F)F. The minimum Gasteiger partial charge on any atom is -0.299 e. The molecular weight excluding hydrogens is 333 g/mol. The summed E-state index contributed by atoms with van der Waals surface area (Å²) >= 11 is 0. The molecule has 0 aromatic heterocycles. The normalized spacial score (nSPS) is 17.3. The molecule has 0 rings (SSSR count). The van der Waals surface area contributed by atoms with Gasteiger partial charge < -0.3 is 0 Å². The second-order valence-corrected chi connectivity index (χ2v) is 3.97. The highest BCUT2D eigenvalue weighted by Gasteiger charge is 2.87. The Bertz CT molecular complexity index is 365. The van der Waals surface area contributed by atoms with Crippen LogP contribution in [0.4, 0.5) is 48.3 Å². The first kappa shape index (κ1) is 19.8. The highest BCUT2D eigenvalue weighted by Crippen LogP contribution is 2.59. The Kier molecular flexibility index (Phi) is 4.89. The maximum absolute atomic E-state index is 13.8. The van der Waals surface area contributed by atoms with Crippen molar-refractivity contribution in [2.24, 2.45) is 5.92 Å². The molecule has 125 valence electrons. The predicted octanol–water partition coefficient (Wildman–Crippen LogP) is 4.67. The average Bonchev–Trinajstić information content (AvgIpc) is 2.24. The molecule has 0 amide bonds. The number of rotatable bonds is 4. The Hall–Kier alpha value is -1.23. The summed E-state index contributed by atoms with van der Waals surface area (Å²) in [6, 6.07) is 0. The van der Waals surface area contributed by atoms with Crippen LogP contribution >= 0.6 is 0 Å². The topological polar surface area (TPSA) is 19.9 Å². The first-order valence-electron chi connectivity index (χ1n) is 4.85. The van der Waals surface area contributed by atoms with Gasteiger partial charge >= 0.3 is 24.2 Å². The number of hydrogen-bond donors (Lipinski definition) is 0. The van der Waals surface area contributed by atoms with Gasteiger partial charge in [0.2, 0.25) is 0 Å². The minimum absolute atomic E-state index is 0.131. The molecule has 1 radical (unpaired) electrons. The number of alkyl halides is 11. The van der Waals surface area contributed by atoms with Gasteiger partial charge in [-0.05, 0) is 6.08 Å². The van der Waals surface area contributed by atoms with Gasteiger partial charge in [0, 0.05) is 5.92 Å². The van der Waals surface area contributed by atoms with Crippen molar-refractivity contribution in [2.75, 3.05) is 0 Å². The van der Waals surface area contributed by atoms with Crippen LogP contribution in [0.1, 0.15) is 6.92 Å². The van der Waals surface area contributed by atoms with Crippen LogP contribution in [0.5, 0.6) is 0 Å². The molecule has 0 bridgehead atoms. The summed E-state index contributed by atoms with van der Waals surface area (Å²) < 4.78 is 138. The van der Waals surface area contributed by atoms with Gasteiger partial charge in [0.25, 0.3) is 5.67 Å². The average molecular weight is 339 g/mol. The molecule has 0 fully saturated rings. The van der Waals surface area contributed by atoms with Crippen LogP contribution in [0.2, 0.25) is 0 Å². The van der Waals surface area contributed by atoms with Crippen molar-refractivity contribution in [1.29, 1.82) is 0 Å². The standard InChI is InChI=1S/C9H6F11O/c1-4(2-3-21)5(10,6(11,12)8(15,16)17)7(13,14)9(18,19)20/h2-4H,1H3. The number of halogens is 11. The predicted molar refractivity (Wildman–Crippen MR) is 44.8 cm³/mol. The van der Waals surface area contributed by atoms with Gasteiger partial charge in [0.15, 0.2) is 0 Å². The second-order valence-electron chi connectivity index (χ2n) is 3.97. The summed E-state index contributed by atoms with van der Waals surface area (Å²) in [6.07, 6.45) is -15.2. The zero-order chi connectivity index (χ0) is 17.5. The Morgan fingerprint density at radius 3 is 1.19 bits per heavy atom. The van der Waals surface area contributed by atoms with Crippen molar-refractivity contribution in [2.45, 2.75) is 36.8 Å². The van der Waals surface area contributed by atoms with Crippen LogP contribution in [0.15, 0.2) is 12.3 Å². The second kappa shape index (κ2) is 5.20. The van der Waals surface area contributed by atoms with E-state index in [0.717, 1.165) is 0 Å². The third kappa shape index (κ3) is 2.76. The quantitative estimate of drug-likeness (QED) is 0.524. The van der Waals surface area contributed by atoms with Gasteiger partial charge in [-0.15, -0.1) is 0 Å². The fourth-order valence-electron chi connectivity index (χ4n) is 1.43. The third-order valence-corrected chi connectivity index (χ3v) is 2.62. The van der Waals surface area contributed by atoms with Gasteiger partial charge in [-0.25, -0.2) is 4.39 Å². The van der Waals surface area contributed by atoms with E-state index in [4.69, 9.17) is 0 Å². The van der Waals surface area contributed by atoms with Crippen LogP contribution < -0.4 is 0 Å². The zero-order valence-corrected chi connectivity index (χ0v) is 9.80. The largest absolute Gasteiger partial charge is 0.457 e. The van der Waals surface area contributed by atoms with E-state index >= 15 is 0 Å². The van der Waals surface area contributed by atoms with Crippen molar-refractivity contribution in [3.8, 4) is 0 Å². The highest BCUT2D eigenvalue weighted by molar-refractivity contribution is 5.15. The van der Waals surface area contributed by atoms with Gasteiger partial charge in [0.05, 0.1) is 0 Å². The molecule has 1 unspecified atom stereocenters. The highest BCUT2D eigenvalue weighted by atomic mass is 19.4. The lowest BCUT2D eigenvalue weighted by molar-refractivity contribution is -0.413. The summed E-state index contributed by atoms with van der Waals surface area (Å²) in [7, 11) is 0. The van der Waals surface area contributed by atoms with Gasteiger partial charge in [0.1, 0.15) is 6.26 Å². The molecule has 1 atom stereocenters. The van der Waals surface area contributed by atoms with Crippen LogP contribution in [0.3, 0.4) is 0 Å². The van der Waals surface area contributed by atoms with Gasteiger partial charge in [-0.3, -0.25) is 5.11 Å². The van der Waals surface area contributed by atoms with E-state index in [1.807, 2.05) is 0 Å². The fourth-order valence-corrected chi connectivity index (χ4v) is 1.43. The summed E-state index contributed by atoms with van der Waals surface area (Å²) in [5.41, 5.74) is -6.43. The van der Waals surface area contributed by atoms with E-state index < -0.39 is 48.1 Å². The smallest absolute Gasteiger partial charge is 0.299 e. The zero-order valence-electron chi connectivity index (χ0n) is 9.80. The molecule has 1 nitrogen and oxygen atoms in total. The fraction of sp³-hybridized carbons (Fsp3) is 0.778. The van der Waals surface area contributed by atoms with Crippen molar-refractivity contribution in [3.05, 3.63) is 12.3 Å². The van der Waals surface area contributed by atoms with Crippen molar-refractivity contribution < 1.29 is 53.4 Å². The van der Waals surface area contributed by atoms with Crippen LogP contribution in [0.25, 0.3) is 0 Å². The lowest BCUT2D eigenvalue weighted by Gasteiger charge is -2.42. The molecule has 0 spiro atoms. The molecule has 0 heterocycles. The lowest BCUT2D eigenvalue weighted by atomic mass is 9.78. The summed E-state index contributed by atoms with van der Waals surface area (Å²) in [6.45, 7) is -0.131. The molecule has 0 saturated carbocycles. The molecule has 0 aromatic carbocycles. The lowest BCUT2D eigenvalue weighted by Crippen LogP contribution is -2.70. The van der Waals surface area contributed by atoms with E-state index in [0.29, 0.717) is 0 Å². The first-order chi connectivity index (χ1) is 8.98. The molecule has 0 aliphatic heterocycles. The molecule has 21 heavy (non-hydrogen) atoms. The van der Waals surface area contributed by atoms with Gasteiger partial charge in [-0.2, -0.15) is 43.9 Å². The van der Waals surface area contributed by atoms with E-state index in [2.05, 4.69) is 0 Å². The Labute approximate surface area is 110 Å².